The third-order valence-corrected chi connectivity index (χ3v) is 1.18. The number of hydrogen-bond donors (Lipinski definition) is 1. The van der Waals surface area contributed by atoms with Crippen molar-refractivity contribution < 1.29 is 28.5 Å². The van der Waals surface area contributed by atoms with Gasteiger partial charge >= 0.3 is 0 Å². The molecule has 0 aliphatic heterocycles. The van der Waals surface area contributed by atoms with Crippen LogP contribution in [0.2, 0.25) is 0 Å². The summed E-state index contributed by atoms with van der Waals surface area (Å²) in [5.74, 6) is 0.121. The number of benzene rings is 1. The van der Waals surface area contributed by atoms with Crippen molar-refractivity contribution in [3.05, 3.63) is 35.9 Å². The third kappa shape index (κ3) is 9.52. The average Bonchev–Trinajstić information content (AvgIpc) is 2.25. The molecule has 0 fully saturated rings. The molecule has 0 aliphatic carbocycles. The molecule has 0 atom stereocenters. The predicted molar refractivity (Wildman–Crippen MR) is 55.9 cm³/mol. The van der Waals surface area contributed by atoms with Crippen molar-refractivity contribution in [3.8, 4) is 0 Å². The summed E-state index contributed by atoms with van der Waals surface area (Å²) in [5.41, 5.74) is 0.775. The van der Waals surface area contributed by atoms with E-state index < -0.39 is 0 Å². The molecular formula is C11H18O2V. The van der Waals surface area contributed by atoms with E-state index in [1.54, 1.807) is 6.92 Å². The minimum absolute atomic E-state index is 0. The molecule has 3 heteroatoms. The quantitative estimate of drug-likeness (QED) is 0.757. The number of rotatable bonds is 1. The molecule has 1 aromatic rings. The summed E-state index contributed by atoms with van der Waals surface area (Å²) >= 11 is 0. The first-order valence-electron chi connectivity index (χ1n) is 4.31. The molecule has 1 aromatic carbocycles. The minimum atomic E-state index is 0. The van der Waals surface area contributed by atoms with Gasteiger partial charge in [-0.1, -0.05) is 44.2 Å². The summed E-state index contributed by atoms with van der Waals surface area (Å²) in [6, 6.07) is 9.23. The Kier molecular flexibility index (Phi) is 20.3. The van der Waals surface area contributed by atoms with Crippen LogP contribution in [0.5, 0.6) is 0 Å². The first-order chi connectivity index (χ1) is 6.30. The van der Waals surface area contributed by atoms with Crippen molar-refractivity contribution in [3.63, 3.8) is 0 Å². The molecule has 0 spiro atoms. The Morgan fingerprint density at radius 2 is 1.43 bits per heavy atom. The van der Waals surface area contributed by atoms with Crippen LogP contribution < -0.4 is 0 Å². The molecule has 0 unspecified atom stereocenters. The van der Waals surface area contributed by atoms with Crippen LogP contribution in [0.3, 0.4) is 0 Å². The van der Waals surface area contributed by atoms with Crippen LogP contribution in [0.1, 0.15) is 31.1 Å². The Morgan fingerprint density at radius 1 is 1.07 bits per heavy atom. The molecule has 0 aliphatic rings. The van der Waals surface area contributed by atoms with Crippen LogP contribution in [0.4, 0.5) is 0 Å². The Bertz CT molecular complexity index is 210. The van der Waals surface area contributed by atoms with Crippen molar-refractivity contribution in [2.24, 2.45) is 0 Å². The summed E-state index contributed by atoms with van der Waals surface area (Å²) < 4.78 is 0. The number of Topliss-reactive ketones (excluding diaryl/α,β-unsaturated/α-hetero) is 1. The number of aliphatic hydroxyl groups is 1. The van der Waals surface area contributed by atoms with E-state index in [-0.39, 0.29) is 24.3 Å². The molecule has 0 bridgehead atoms. The van der Waals surface area contributed by atoms with Crippen molar-refractivity contribution >= 4 is 5.78 Å². The fraction of sp³-hybridized carbons (Fsp3) is 0.364. The topological polar surface area (TPSA) is 37.3 Å². The van der Waals surface area contributed by atoms with Crippen LogP contribution in [0.25, 0.3) is 0 Å². The van der Waals surface area contributed by atoms with E-state index in [1.165, 1.54) is 0 Å². The average molecular weight is 233 g/mol. The van der Waals surface area contributed by atoms with Crippen molar-refractivity contribution in [1.29, 1.82) is 0 Å². The van der Waals surface area contributed by atoms with E-state index >= 15 is 0 Å². The molecular weight excluding hydrogens is 215 g/mol. The number of hydrogen-bond acceptors (Lipinski definition) is 2. The van der Waals surface area contributed by atoms with Crippen LogP contribution >= 0.6 is 0 Å². The van der Waals surface area contributed by atoms with E-state index in [2.05, 4.69) is 0 Å². The molecule has 0 saturated carbocycles. The smallest absolute Gasteiger partial charge is 0.159 e. The Labute approximate surface area is 98.2 Å². The second-order valence-electron chi connectivity index (χ2n) is 1.92. The Balaban J connectivity index is -0.000000216. The van der Waals surface area contributed by atoms with Gasteiger partial charge in [0.15, 0.2) is 5.78 Å². The Morgan fingerprint density at radius 3 is 1.64 bits per heavy atom. The fourth-order valence-corrected chi connectivity index (χ4v) is 0.673. The Hall–Kier alpha value is -0.566. The predicted octanol–water partition coefficient (Wildman–Crippen LogP) is 2.52. The van der Waals surface area contributed by atoms with Crippen LogP contribution in [0, 0.1) is 0 Å². The molecule has 0 saturated heterocycles. The number of aliphatic hydroxyl groups excluding tert-OH is 1. The summed E-state index contributed by atoms with van der Waals surface area (Å²) in [6.07, 6.45) is 0. The van der Waals surface area contributed by atoms with Crippen LogP contribution in [-0.2, 0) is 18.6 Å². The molecule has 0 amide bonds. The summed E-state index contributed by atoms with van der Waals surface area (Å²) in [5, 5.41) is 7.00. The second kappa shape index (κ2) is 14.9. The van der Waals surface area contributed by atoms with Gasteiger partial charge in [0.1, 0.15) is 0 Å². The van der Waals surface area contributed by atoms with Crippen LogP contribution in [0.15, 0.2) is 30.3 Å². The van der Waals surface area contributed by atoms with Gasteiger partial charge in [-0.15, -0.1) is 0 Å². The molecule has 2 nitrogen and oxygen atoms in total. The van der Waals surface area contributed by atoms with E-state index in [9.17, 15) is 4.79 Å². The van der Waals surface area contributed by atoms with Crippen molar-refractivity contribution in [1.82, 2.24) is 0 Å². The van der Waals surface area contributed by atoms with Gasteiger partial charge in [0.25, 0.3) is 0 Å². The van der Waals surface area contributed by atoms with Gasteiger partial charge in [0.05, 0.1) is 0 Å². The standard InChI is InChI=1S/C8H8O.C2H6.CH4O.V/c1-7(9)8-5-3-2-4-6-8;2*1-2;/h2-6H,1H3;1-2H3;2H,1H3;. The van der Waals surface area contributed by atoms with Crippen molar-refractivity contribution in [2.75, 3.05) is 7.11 Å². The zero-order valence-electron chi connectivity index (χ0n) is 9.19. The maximum atomic E-state index is 10.6. The minimum Gasteiger partial charge on any atom is -0.400 e. The maximum absolute atomic E-state index is 10.6. The summed E-state index contributed by atoms with van der Waals surface area (Å²) in [7, 11) is 1.00. The zero-order valence-corrected chi connectivity index (χ0v) is 10.6. The van der Waals surface area contributed by atoms with Gasteiger partial charge < -0.3 is 5.11 Å². The molecule has 14 heavy (non-hydrogen) atoms. The van der Waals surface area contributed by atoms with Gasteiger partial charge in [-0.2, -0.15) is 0 Å². The number of carbonyl (C=O) groups excluding carboxylic acids is 1. The van der Waals surface area contributed by atoms with E-state index in [1.807, 2.05) is 44.2 Å². The molecule has 1 radical (unpaired) electrons. The molecule has 1 N–H and O–H groups in total. The zero-order chi connectivity index (χ0) is 10.7. The van der Waals surface area contributed by atoms with Gasteiger partial charge in [-0.3, -0.25) is 4.79 Å². The van der Waals surface area contributed by atoms with Crippen molar-refractivity contribution in [2.45, 2.75) is 20.8 Å². The second-order valence-corrected chi connectivity index (χ2v) is 1.92. The van der Waals surface area contributed by atoms with Gasteiger partial charge in [0.2, 0.25) is 0 Å². The van der Waals surface area contributed by atoms with E-state index in [4.69, 9.17) is 5.11 Å². The van der Waals surface area contributed by atoms with Gasteiger partial charge in [-0.25, -0.2) is 0 Å². The van der Waals surface area contributed by atoms with Gasteiger partial charge in [-0.05, 0) is 6.92 Å². The van der Waals surface area contributed by atoms with Gasteiger partial charge in [0, 0.05) is 31.2 Å². The fourth-order valence-electron chi connectivity index (χ4n) is 0.673. The molecule has 0 aromatic heterocycles. The normalized spacial score (nSPS) is 6.64. The summed E-state index contributed by atoms with van der Waals surface area (Å²) in [6.45, 7) is 5.56. The third-order valence-electron chi connectivity index (χ3n) is 1.18. The van der Waals surface area contributed by atoms with Crippen LogP contribution in [-0.4, -0.2) is 18.0 Å². The largest absolute Gasteiger partial charge is 0.400 e. The summed E-state index contributed by atoms with van der Waals surface area (Å²) in [4.78, 5) is 10.6. The molecule has 0 heterocycles. The number of ketones is 1. The maximum Gasteiger partial charge on any atom is 0.159 e. The monoisotopic (exact) mass is 233 g/mol. The number of carbonyl (C=O) groups is 1. The molecule has 1 rings (SSSR count). The van der Waals surface area contributed by atoms with E-state index in [0.29, 0.717) is 0 Å². The molecule has 79 valence electrons. The first-order valence-corrected chi connectivity index (χ1v) is 4.31. The SMILES string of the molecule is CC.CC(=O)c1ccccc1.CO.[V]. The van der Waals surface area contributed by atoms with E-state index in [0.717, 1.165) is 12.7 Å². The first kappa shape index (κ1) is 19.1.